The van der Waals surface area contributed by atoms with Crippen LogP contribution < -0.4 is 4.72 Å². The highest BCUT2D eigenvalue weighted by Crippen LogP contribution is 2.24. The van der Waals surface area contributed by atoms with E-state index in [-0.39, 0.29) is 4.90 Å². The smallest absolute Gasteiger partial charge is 0.331 e. The van der Waals surface area contributed by atoms with E-state index in [2.05, 4.69) is 4.72 Å². The van der Waals surface area contributed by atoms with Crippen molar-refractivity contribution in [1.29, 1.82) is 0 Å². The van der Waals surface area contributed by atoms with Gasteiger partial charge >= 0.3 is 5.97 Å². The van der Waals surface area contributed by atoms with Gasteiger partial charge in [0.25, 0.3) is 0 Å². The van der Waals surface area contributed by atoms with Crippen molar-refractivity contribution >= 4 is 33.7 Å². The van der Waals surface area contributed by atoms with E-state index in [0.29, 0.717) is 17.9 Å². The number of nitrogens with one attached hydrogen (secondary N) is 1. The zero-order valence-corrected chi connectivity index (χ0v) is 17.7. The van der Waals surface area contributed by atoms with Crippen LogP contribution in [0, 0.1) is 6.92 Å². The molecular formula is C22H24ClNO4S. The molecule has 2 aromatic carbocycles. The molecule has 5 nitrogen and oxygen atoms in total. The molecule has 0 aliphatic heterocycles. The van der Waals surface area contributed by atoms with Gasteiger partial charge in [0, 0.05) is 11.1 Å². The van der Waals surface area contributed by atoms with Gasteiger partial charge in [0.15, 0.2) is 0 Å². The molecule has 0 saturated heterocycles. The van der Waals surface area contributed by atoms with E-state index in [9.17, 15) is 13.2 Å². The number of carbonyl (C=O) groups is 1. The summed E-state index contributed by atoms with van der Waals surface area (Å²) in [6.45, 7) is 1.90. The van der Waals surface area contributed by atoms with Crippen LogP contribution in [-0.4, -0.2) is 26.5 Å². The normalized spacial score (nSPS) is 19.9. The van der Waals surface area contributed by atoms with Crippen LogP contribution in [0.4, 0.5) is 0 Å². The molecule has 0 radical (unpaired) electrons. The largest absolute Gasteiger partial charge is 0.458 e. The van der Waals surface area contributed by atoms with E-state index in [4.69, 9.17) is 16.3 Å². The molecule has 1 aliphatic rings. The summed E-state index contributed by atoms with van der Waals surface area (Å²) >= 11 is 5.94. The summed E-state index contributed by atoms with van der Waals surface area (Å²) < 4.78 is 33.7. The van der Waals surface area contributed by atoms with Crippen molar-refractivity contribution < 1.29 is 17.9 Å². The quantitative estimate of drug-likeness (QED) is 0.538. The maximum Gasteiger partial charge on any atom is 0.331 e. The minimum atomic E-state index is -3.68. The molecule has 0 heterocycles. The molecule has 0 unspecified atom stereocenters. The summed E-state index contributed by atoms with van der Waals surface area (Å²) in [7, 11) is -3.68. The van der Waals surface area contributed by atoms with Gasteiger partial charge in [-0.1, -0.05) is 47.9 Å². The third kappa shape index (κ3) is 6.16. The van der Waals surface area contributed by atoms with E-state index in [0.717, 1.165) is 24.0 Å². The summed E-state index contributed by atoms with van der Waals surface area (Å²) in [5, 5.41) is 0.582. The molecule has 154 valence electrons. The van der Waals surface area contributed by atoms with Gasteiger partial charge in [0.1, 0.15) is 6.10 Å². The van der Waals surface area contributed by atoms with E-state index in [1.807, 2.05) is 13.0 Å². The van der Waals surface area contributed by atoms with Crippen molar-refractivity contribution in [2.45, 2.75) is 49.6 Å². The number of rotatable bonds is 6. The van der Waals surface area contributed by atoms with Crippen molar-refractivity contribution in [2.75, 3.05) is 0 Å². The summed E-state index contributed by atoms with van der Waals surface area (Å²) in [6, 6.07) is 13.3. The molecule has 1 saturated carbocycles. The zero-order chi connectivity index (χ0) is 20.9. The number of hydrogen-bond acceptors (Lipinski definition) is 4. The fourth-order valence-corrected chi connectivity index (χ4v) is 4.82. The fraction of sp³-hybridized carbons (Fsp3) is 0.318. The van der Waals surface area contributed by atoms with Crippen LogP contribution in [0.2, 0.25) is 5.02 Å². The van der Waals surface area contributed by atoms with Crippen LogP contribution in [0.25, 0.3) is 6.08 Å². The average molecular weight is 434 g/mol. The molecule has 1 fully saturated rings. The number of sulfonamides is 1. The van der Waals surface area contributed by atoms with Gasteiger partial charge in [0.2, 0.25) is 10.0 Å². The van der Waals surface area contributed by atoms with Gasteiger partial charge in [-0.05, 0) is 62.1 Å². The minimum absolute atomic E-state index is 0.208. The number of aryl methyl sites for hydroxylation is 1. The molecule has 0 amide bonds. The lowest BCUT2D eigenvalue weighted by molar-refractivity contribution is -0.145. The Balaban J connectivity index is 1.66. The highest BCUT2D eigenvalue weighted by atomic mass is 35.5. The van der Waals surface area contributed by atoms with E-state index >= 15 is 0 Å². The standard InChI is InChI=1S/C22H24ClNO4S/c1-16-9-12-19(13-10-16)29(26,27)24-20-7-2-3-8-21(20)28-22(25)14-11-17-5-4-6-18(23)15-17/h4-6,9-15,20-21,24H,2-3,7-8H2,1H3/b14-11+/t20-,21-/m1/s1. The molecule has 0 spiro atoms. The molecular weight excluding hydrogens is 410 g/mol. The first-order valence-electron chi connectivity index (χ1n) is 9.57. The first kappa shape index (κ1) is 21.6. The Bertz CT molecular complexity index is 986. The maximum atomic E-state index is 12.7. The average Bonchev–Trinajstić information content (AvgIpc) is 2.68. The third-order valence-corrected chi connectivity index (χ3v) is 6.61. The third-order valence-electron chi connectivity index (χ3n) is 4.87. The molecule has 7 heteroatoms. The van der Waals surface area contributed by atoms with Crippen molar-refractivity contribution in [2.24, 2.45) is 0 Å². The van der Waals surface area contributed by atoms with Crippen LogP contribution in [0.15, 0.2) is 59.5 Å². The minimum Gasteiger partial charge on any atom is -0.458 e. The van der Waals surface area contributed by atoms with Crippen LogP contribution in [0.5, 0.6) is 0 Å². The Hall–Kier alpha value is -2.15. The highest BCUT2D eigenvalue weighted by molar-refractivity contribution is 7.89. The van der Waals surface area contributed by atoms with Gasteiger partial charge in [-0.25, -0.2) is 17.9 Å². The Morgan fingerprint density at radius 3 is 2.59 bits per heavy atom. The topological polar surface area (TPSA) is 72.5 Å². The maximum absolute atomic E-state index is 12.7. The first-order chi connectivity index (χ1) is 13.8. The molecule has 0 bridgehead atoms. The zero-order valence-electron chi connectivity index (χ0n) is 16.2. The van der Waals surface area contributed by atoms with Crippen molar-refractivity contribution in [3.8, 4) is 0 Å². The van der Waals surface area contributed by atoms with Crippen LogP contribution in [0.3, 0.4) is 0 Å². The lowest BCUT2D eigenvalue weighted by Crippen LogP contribution is -2.46. The van der Waals surface area contributed by atoms with Crippen LogP contribution >= 0.6 is 11.6 Å². The summed E-state index contributed by atoms with van der Waals surface area (Å²) in [6.07, 6.45) is 5.49. The second kappa shape index (κ2) is 9.57. The second-order valence-electron chi connectivity index (χ2n) is 7.19. The number of ether oxygens (including phenoxy) is 1. The Morgan fingerprint density at radius 2 is 1.86 bits per heavy atom. The van der Waals surface area contributed by atoms with Gasteiger partial charge < -0.3 is 4.74 Å². The van der Waals surface area contributed by atoms with E-state index in [1.165, 1.54) is 6.08 Å². The first-order valence-corrected chi connectivity index (χ1v) is 11.4. The predicted octanol–water partition coefficient (Wildman–Crippen LogP) is 4.49. The lowest BCUT2D eigenvalue weighted by Gasteiger charge is -2.31. The van der Waals surface area contributed by atoms with Crippen LogP contribution in [0.1, 0.15) is 36.8 Å². The van der Waals surface area contributed by atoms with E-state index < -0.39 is 28.1 Å². The Labute approximate surface area is 176 Å². The number of carbonyl (C=O) groups excluding carboxylic acids is 1. The molecule has 2 aromatic rings. The Morgan fingerprint density at radius 1 is 1.14 bits per heavy atom. The van der Waals surface area contributed by atoms with Crippen molar-refractivity contribution in [3.05, 3.63) is 70.8 Å². The lowest BCUT2D eigenvalue weighted by atomic mass is 9.93. The highest BCUT2D eigenvalue weighted by Gasteiger charge is 2.31. The number of halogens is 1. The second-order valence-corrected chi connectivity index (χ2v) is 9.34. The SMILES string of the molecule is Cc1ccc(S(=O)(=O)N[C@@H]2CCCC[C@H]2OC(=O)/C=C/c2cccc(Cl)c2)cc1. The van der Waals surface area contributed by atoms with Crippen molar-refractivity contribution in [1.82, 2.24) is 4.72 Å². The number of esters is 1. The number of hydrogen-bond donors (Lipinski definition) is 1. The molecule has 1 N–H and O–H groups in total. The molecule has 1 aliphatic carbocycles. The fourth-order valence-electron chi connectivity index (χ4n) is 3.32. The molecule has 29 heavy (non-hydrogen) atoms. The predicted molar refractivity (Wildman–Crippen MR) is 114 cm³/mol. The summed E-state index contributed by atoms with van der Waals surface area (Å²) in [5.74, 6) is -0.503. The molecule has 2 atom stereocenters. The van der Waals surface area contributed by atoms with E-state index in [1.54, 1.807) is 48.5 Å². The Kier molecular flexibility index (Phi) is 7.11. The molecule has 3 rings (SSSR count). The molecule has 0 aromatic heterocycles. The summed E-state index contributed by atoms with van der Waals surface area (Å²) in [4.78, 5) is 12.5. The van der Waals surface area contributed by atoms with Gasteiger partial charge in [-0.3, -0.25) is 0 Å². The monoisotopic (exact) mass is 433 g/mol. The van der Waals surface area contributed by atoms with Crippen LogP contribution in [-0.2, 0) is 19.6 Å². The summed E-state index contributed by atoms with van der Waals surface area (Å²) in [5.41, 5.74) is 1.77. The van der Waals surface area contributed by atoms with Gasteiger partial charge in [0.05, 0.1) is 10.9 Å². The van der Waals surface area contributed by atoms with Gasteiger partial charge in [-0.2, -0.15) is 0 Å². The van der Waals surface area contributed by atoms with Gasteiger partial charge in [-0.15, -0.1) is 0 Å². The number of benzene rings is 2. The van der Waals surface area contributed by atoms with Crippen molar-refractivity contribution in [3.63, 3.8) is 0 Å².